The van der Waals surface area contributed by atoms with Crippen molar-refractivity contribution in [1.82, 2.24) is 15.2 Å². The summed E-state index contributed by atoms with van der Waals surface area (Å²) in [5.74, 6) is 0.804. The summed E-state index contributed by atoms with van der Waals surface area (Å²) in [4.78, 5) is 18.8. The number of nitrogens with one attached hydrogen (secondary N) is 1. The van der Waals surface area contributed by atoms with Crippen LogP contribution in [-0.4, -0.2) is 103 Å². The zero-order valence-corrected chi connectivity index (χ0v) is 29.1. The first kappa shape index (κ1) is 37.8. The van der Waals surface area contributed by atoms with Gasteiger partial charge >= 0.3 is 0 Å². The van der Waals surface area contributed by atoms with E-state index in [0.29, 0.717) is 19.1 Å². The van der Waals surface area contributed by atoms with E-state index in [9.17, 15) is 30.3 Å². The van der Waals surface area contributed by atoms with E-state index < -0.39 is 31.0 Å². The van der Waals surface area contributed by atoms with Gasteiger partial charge in [-0.05, 0) is 91.3 Å². The summed E-state index contributed by atoms with van der Waals surface area (Å²) >= 11 is 0. The van der Waals surface area contributed by atoms with Crippen molar-refractivity contribution < 1.29 is 40.2 Å². The maximum atomic E-state index is 13.0. The Morgan fingerprint density at radius 1 is 1.02 bits per heavy atom. The van der Waals surface area contributed by atoms with E-state index in [-0.39, 0.29) is 43.5 Å². The first-order valence-corrected chi connectivity index (χ1v) is 17.8. The molecule has 272 valence electrons. The number of pyridine rings is 1. The molecule has 2 aromatic carbocycles. The van der Waals surface area contributed by atoms with Gasteiger partial charge in [0.2, 0.25) is 5.91 Å². The van der Waals surface area contributed by atoms with Gasteiger partial charge in [-0.15, -0.1) is 0 Å². The quantitative estimate of drug-likeness (QED) is 0.0933. The zero-order chi connectivity index (χ0) is 35.8. The third kappa shape index (κ3) is 9.46. The number of amides is 1. The van der Waals surface area contributed by atoms with Crippen molar-refractivity contribution >= 4 is 5.91 Å². The summed E-state index contributed by atoms with van der Waals surface area (Å²) in [5, 5.41) is 62.4. The second kappa shape index (κ2) is 17.2. The van der Waals surface area contributed by atoms with Gasteiger partial charge in [-0.3, -0.25) is 9.78 Å². The fraction of sp³-hybridized carbons (Fsp3) is 0.538. The number of aliphatic hydroxyl groups excluding tert-OH is 6. The Balaban J connectivity index is 1.18. The highest BCUT2D eigenvalue weighted by Crippen LogP contribution is 2.50. The molecule has 0 aliphatic heterocycles. The molecular weight excluding hydrogens is 638 g/mol. The van der Waals surface area contributed by atoms with Gasteiger partial charge in [0.1, 0.15) is 30.2 Å². The van der Waals surface area contributed by atoms with Crippen molar-refractivity contribution in [3.05, 3.63) is 83.2 Å². The Kier molecular flexibility index (Phi) is 13.0. The van der Waals surface area contributed by atoms with Crippen molar-refractivity contribution in [2.75, 3.05) is 26.3 Å². The molecule has 1 aromatic heterocycles. The molecule has 11 heteroatoms. The van der Waals surface area contributed by atoms with Crippen LogP contribution in [0.3, 0.4) is 0 Å². The van der Waals surface area contributed by atoms with Gasteiger partial charge < -0.3 is 45.6 Å². The Labute approximate surface area is 294 Å². The number of aliphatic hydroxyl groups is 6. The molecule has 5 unspecified atom stereocenters. The molecule has 50 heavy (non-hydrogen) atoms. The minimum absolute atomic E-state index is 0.0477. The molecule has 0 spiro atoms. The third-order valence-corrected chi connectivity index (χ3v) is 10.1. The molecule has 3 aromatic rings. The van der Waals surface area contributed by atoms with E-state index in [2.05, 4.69) is 66.6 Å². The summed E-state index contributed by atoms with van der Waals surface area (Å²) < 4.78 is 6.27. The Morgan fingerprint density at radius 3 is 2.46 bits per heavy atom. The molecule has 2 saturated carbocycles. The van der Waals surface area contributed by atoms with Crippen LogP contribution in [0, 0.1) is 6.92 Å². The second-order valence-electron chi connectivity index (χ2n) is 14.0. The smallest absolute Gasteiger partial charge is 0.222 e. The second-order valence-corrected chi connectivity index (χ2v) is 14.0. The molecule has 5 rings (SSSR count). The molecule has 7 N–H and O–H groups in total. The normalized spacial score (nSPS) is 18.2. The minimum atomic E-state index is -1.78. The lowest BCUT2D eigenvalue weighted by molar-refractivity contribution is -0.140. The third-order valence-electron chi connectivity index (χ3n) is 10.1. The number of hydrogen-bond acceptors (Lipinski definition) is 10. The number of carbonyl (C=O) groups is 1. The largest absolute Gasteiger partial charge is 0.490 e. The molecule has 0 bridgehead atoms. The Morgan fingerprint density at radius 2 is 1.76 bits per heavy atom. The number of rotatable bonds is 20. The molecule has 2 aliphatic rings. The lowest BCUT2D eigenvalue weighted by atomic mass is 9.91. The number of nitrogens with zero attached hydrogens (tertiary/aromatic N) is 2. The summed E-state index contributed by atoms with van der Waals surface area (Å²) in [5.41, 5.74) is 6.87. The highest BCUT2D eigenvalue weighted by molar-refractivity contribution is 5.76. The first-order chi connectivity index (χ1) is 24.1. The van der Waals surface area contributed by atoms with E-state index in [1.54, 1.807) is 0 Å². The van der Waals surface area contributed by atoms with Gasteiger partial charge in [-0.1, -0.05) is 43.3 Å². The van der Waals surface area contributed by atoms with Crippen LogP contribution in [-0.2, 0) is 16.9 Å². The van der Waals surface area contributed by atoms with Crippen LogP contribution >= 0.6 is 0 Å². The van der Waals surface area contributed by atoms with E-state index >= 15 is 0 Å². The number of carbonyl (C=O) groups excluding carboxylic acids is 1. The zero-order valence-electron chi connectivity index (χ0n) is 29.1. The van der Waals surface area contributed by atoms with Crippen LogP contribution in [0.4, 0.5) is 0 Å². The van der Waals surface area contributed by atoms with Gasteiger partial charge in [0.05, 0.1) is 19.3 Å². The number of ether oxygens (including phenoxy) is 1. The molecule has 0 radical (unpaired) electrons. The maximum Gasteiger partial charge on any atom is 0.222 e. The number of hydrogen-bond donors (Lipinski definition) is 7. The lowest BCUT2D eigenvalue weighted by Gasteiger charge is -2.30. The highest BCUT2D eigenvalue weighted by Gasteiger charge is 2.46. The van der Waals surface area contributed by atoms with E-state index in [1.165, 1.54) is 27.2 Å². The fourth-order valence-corrected chi connectivity index (χ4v) is 6.51. The average molecular weight is 692 g/mol. The van der Waals surface area contributed by atoms with Crippen molar-refractivity contribution in [3.8, 4) is 16.9 Å². The summed E-state index contributed by atoms with van der Waals surface area (Å²) in [7, 11) is 0. The molecule has 2 fully saturated rings. The van der Waals surface area contributed by atoms with Crippen LogP contribution in [0.25, 0.3) is 11.1 Å². The molecule has 1 heterocycles. The number of para-hydroxylation sites is 1. The standard InChI is InChI=1S/C39H53N3O8/c1-25(6-5-9-36(47)42(18-19-43)23-33(45)37(48)38(49)34(46)24-44)27-11-10-26(2)28(20-27)21-41-39(15-16-39)32-22-40-17-14-30(32)31-7-3-4-8-35(31)50-29-12-13-29/h3-4,7-8,10-11,14,17,20,22,25,29,33-34,37-38,41,43-46,48-49H,5-6,9,12-13,15-16,18-19,21,23-24H2,1-2H3. The molecule has 11 nitrogen and oxygen atoms in total. The predicted molar refractivity (Wildman–Crippen MR) is 189 cm³/mol. The van der Waals surface area contributed by atoms with Crippen LogP contribution in [0.2, 0.25) is 0 Å². The SMILES string of the molecule is Cc1ccc(C(C)CCCC(=O)N(CCO)CC(O)C(O)C(O)C(O)CO)cc1CNC1(c2cnccc2-c2ccccc2OC2CC2)CC1. The Hall–Kier alpha value is -3.42. The van der Waals surface area contributed by atoms with Crippen molar-refractivity contribution in [2.24, 2.45) is 0 Å². The van der Waals surface area contributed by atoms with Crippen LogP contribution in [0.15, 0.2) is 60.9 Å². The van der Waals surface area contributed by atoms with Gasteiger partial charge in [-0.2, -0.15) is 0 Å². The van der Waals surface area contributed by atoms with Crippen LogP contribution in [0.5, 0.6) is 5.75 Å². The summed E-state index contributed by atoms with van der Waals surface area (Å²) in [6.45, 7) is 3.45. The summed E-state index contributed by atoms with van der Waals surface area (Å²) in [6, 6.07) is 16.9. The molecule has 5 atom stereocenters. The van der Waals surface area contributed by atoms with Crippen LogP contribution < -0.4 is 10.1 Å². The van der Waals surface area contributed by atoms with Crippen molar-refractivity contribution in [1.29, 1.82) is 0 Å². The van der Waals surface area contributed by atoms with E-state index in [1.807, 2.05) is 18.5 Å². The number of aromatic nitrogens is 1. The Bertz CT molecular complexity index is 1560. The number of benzene rings is 2. The van der Waals surface area contributed by atoms with E-state index in [0.717, 1.165) is 49.0 Å². The molecule has 1 amide bonds. The maximum absolute atomic E-state index is 13.0. The topological polar surface area (TPSA) is 176 Å². The predicted octanol–water partition coefficient (Wildman–Crippen LogP) is 2.91. The monoisotopic (exact) mass is 691 g/mol. The lowest BCUT2D eigenvalue weighted by Crippen LogP contribution is -2.51. The fourth-order valence-electron chi connectivity index (χ4n) is 6.51. The minimum Gasteiger partial charge on any atom is -0.490 e. The first-order valence-electron chi connectivity index (χ1n) is 17.8. The molecule has 0 saturated heterocycles. The van der Waals surface area contributed by atoms with Gasteiger partial charge in [-0.25, -0.2) is 0 Å². The van der Waals surface area contributed by atoms with Gasteiger partial charge in [0.15, 0.2) is 0 Å². The average Bonchev–Trinajstić information content (AvgIpc) is 4.08. The van der Waals surface area contributed by atoms with Gasteiger partial charge in [0, 0.05) is 49.6 Å². The highest BCUT2D eigenvalue weighted by atomic mass is 16.5. The van der Waals surface area contributed by atoms with Gasteiger partial charge in [0.25, 0.3) is 0 Å². The van der Waals surface area contributed by atoms with E-state index in [4.69, 9.17) is 9.84 Å². The molecule has 2 aliphatic carbocycles. The van der Waals surface area contributed by atoms with Crippen LogP contribution in [0.1, 0.15) is 80.0 Å². The van der Waals surface area contributed by atoms with Crippen molar-refractivity contribution in [2.45, 2.75) is 107 Å². The number of aryl methyl sites for hydroxylation is 1. The summed E-state index contributed by atoms with van der Waals surface area (Å²) in [6.07, 6.45) is 3.13. The van der Waals surface area contributed by atoms with Crippen molar-refractivity contribution in [3.63, 3.8) is 0 Å². The molecular formula is C39H53N3O8.